The summed E-state index contributed by atoms with van der Waals surface area (Å²) >= 11 is 5.83. The van der Waals surface area contributed by atoms with Gasteiger partial charge in [0.2, 0.25) is 0 Å². The number of hydrogen-bond donors (Lipinski definition) is 1. The lowest BCUT2D eigenvalue weighted by atomic mass is 10.3. The molecule has 0 amide bonds. The molecule has 90 valence electrons. The van der Waals surface area contributed by atoms with Crippen LogP contribution in [-0.2, 0) is 6.54 Å². The molecule has 1 heterocycles. The van der Waals surface area contributed by atoms with Crippen LogP contribution in [0.3, 0.4) is 0 Å². The molecule has 1 aromatic heterocycles. The first-order valence-electron chi connectivity index (χ1n) is 5.67. The smallest absolute Gasteiger partial charge is 0.0539 e. The molecule has 0 saturated heterocycles. The summed E-state index contributed by atoms with van der Waals surface area (Å²) in [5.41, 5.74) is 2.24. The molecule has 17 heavy (non-hydrogen) atoms. The lowest BCUT2D eigenvalue weighted by Gasteiger charge is -2.05. The quantitative estimate of drug-likeness (QED) is 0.895. The van der Waals surface area contributed by atoms with Crippen LogP contribution < -0.4 is 5.32 Å². The Hall–Kier alpha value is -1.48. The molecule has 0 bridgehead atoms. The highest BCUT2D eigenvalue weighted by molar-refractivity contribution is 6.30. The summed E-state index contributed by atoms with van der Waals surface area (Å²) in [6, 6.07) is 8.09. The van der Waals surface area contributed by atoms with Crippen LogP contribution >= 0.6 is 11.6 Å². The fourth-order valence-electron chi connectivity index (χ4n) is 1.52. The molecule has 3 nitrogen and oxygen atoms in total. The zero-order valence-electron chi connectivity index (χ0n) is 10.0. The number of benzene rings is 1. The molecule has 0 atom stereocenters. The molecule has 4 heteroatoms. The molecule has 0 fully saturated rings. The number of halogens is 1. The third-order valence-corrected chi connectivity index (χ3v) is 2.78. The van der Waals surface area contributed by atoms with Gasteiger partial charge >= 0.3 is 0 Å². The molecule has 2 aromatic rings. The van der Waals surface area contributed by atoms with Crippen molar-refractivity contribution < 1.29 is 0 Å². The second-order valence-corrected chi connectivity index (χ2v) is 4.72. The average Bonchev–Trinajstić information content (AvgIpc) is 2.77. The molecule has 0 radical (unpaired) electrons. The van der Waals surface area contributed by atoms with Crippen molar-refractivity contribution in [2.75, 3.05) is 5.32 Å². The molecule has 0 spiro atoms. The van der Waals surface area contributed by atoms with Gasteiger partial charge in [0.05, 0.1) is 6.20 Å². The monoisotopic (exact) mass is 249 g/mol. The zero-order chi connectivity index (χ0) is 12.3. The van der Waals surface area contributed by atoms with E-state index in [1.165, 1.54) is 5.56 Å². The Balaban J connectivity index is 1.95. The lowest BCUT2D eigenvalue weighted by Crippen LogP contribution is -2.01. The van der Waals surface area contributed by atoms with Gasteiger partial charge in [-0.25, -0.2) is 0 Å². The minimum absolute atomic E-state index is 0.402. The van der Waals surface area contributed by atoms with Gasteiger partial charge in [0.25, 0.3) is 0 Å². The Bertz CT molecular complexity index is 474. The standard InChI is InChI=1S/C13H16ClN3/c1-10(2)17-9-11(8-16-17)7-15-13-5-3-12(14)4-6-13/h3-6,8-10,15H,7H2,1-2H3. The first kappa shape index (κ1) is 12.0. The Morgan fingerprint density at radius 3 is 2.59 bits per heavy atom. The van der Waals surface area contributed by atoms with Gasteiger partial charge in [0, 0.05) is 35.1 Å². The van der Waals surface area contributed by atoms with Gasteiger partial charge in [0.1, 0.15) is 0 Å². The van der Waals surface area contributed by atoms with Crippen molar-refractivity contribution in [3.8, 4) is 0 Å². The molecule has 1 N–H and O–H groups in total. The fourth-order valence-corrected chi connectivity index (χ4v) is 1.65. The summed E-state index contributed by atoms with van der Waals surface area (Å²) in [5.74, 6) is 0. The highest BCUT2D eigenvalue weighted by atomic mass is 35.5. The summed E-state index contributed by atoms with van der Waals surface area (Å²) in [4.78, 5) is 0. The Morgan fingerprint density at radius 1 is 1.29 bits per heavy atom. The Kier molecular flexibility index (Phi) is 3.69. The number of nitrogens with one attached hydrogen (secondary N) is 1. The average molecular weight is 250 g/mol. The summed E-state index contributed by atoms with van der Waals surface area (Å²) in [6.45, 7) is 5.00. The summed E-state index contributed by atoms with van der Waals surface area (Å²) in [6.07, 6.45) is 3.95. The van der Waals surface area contributed by atoms with E-state index in [0.717, 1.165) is 17.3 Å². The zero-order valence-corrected chi connectivity index (χ0v) is 10.8. The number of hydrogen-bond acceptors (Lipinski definition) is 2. The Labute approximate surface area is 106 Å². The van der Waals surface area contributed by atoms with Gasteiger partial charge in [-0.3, -0.25) is 4.68 Å². The molecule has 0 saturated carbocycles. The largest absolute Gasteiger partial charge is 0.381 e. The van der Waals surface area contributed by atoms with Gasteiger partial charge in [-0.05, 0) is 38.1 Å². The maximum Gasteiger partial charge on any atom is 0.0539 e. The first-order valence-corrected chi connectivity index (χ1v) is 6.05. The summed E-state index contributed by atoms with van der Waals surface area (Å²) in [5, 5.41) is 8.38. The van der Waals surface area contributed by atoms with Crippen LogP contribution in [0.2, 0.25) is 5.02 Å². The first-order chi connectivity index (χ1) is 8.15. The molecule has 0 aliphatic carbocycles. The normalized spacial score (nSPS) is 10.8. The van der Waals surface area contributed by atoms with Gasteiger partial charge < -0.3 is 5.32 Å². The van der Waals surface area contributed by atoms with Crippen LogP contribution in [0.4, 0.5) is 5.69 Å². The van der Waals surface area contributed by atoms with Crippen LogP contribution in [0.1, 0.15) is 25.5 Å². The molecule has 0 aliphatic rings. The van der Waals surface area contributed by atoms with Gasteiger partial charge in [-0.15, -0.1) is 0 Å². The Morgan fingerprint density at radius 2 is 2.00 bits per heavy atom. The summed E-state index contributed by atoms with van der Waals surface area (Å²) < 4.78 is 1.96. The van der Waals surface area contributed by atoms with E-state index in [9.17, 15) is 0 Å². The van der Waals surface area contributed by atoms with Crippen molar-refractivity contribution in [2.24, 2.45) is 0 Å². The van der Waals surface area contributed by atoms with Gasteiger partial charge in [-0.1, -0.05) is 11.6 Å². The van der Waals surface area contributed by atoms with Crippen LogP contribution in [0.5, 0.6) is 0 Å². The van der Waals surface area contributed by atoms with Crippen molar-refractivity contribution in [3.63, 3.8) is 0 Å². The van der Waals surface area contributed by atoms with Gasteiger partial charge in [-0.2, -0.15) is 5.10 Å². The molecular weight excluding hydrogens is 234 g/mol. The minimum Gasteiger partial charge on any atom is -0.381 e. The van der Waals surface area contributed by atoms with Crippen LogP contribution in [0.25, 0.3) is 0 Å². The number of rotatable bonds is 4. The molecule has 1 aromatic carbocycles. The van der Waals surface area contributed by atoms with Crippen molar-refractivity contribution in [1.29, 1.82) is 0 Å². The predicted molar refractivity (Wildman–Crippen MR) is 71.4 cm³/mol. The van der Waals surface area contributed by atoms with E-state index < -0.39 is 0 Å². The number of anilines is 1. The highest BCUT2D eigenvalue weighted by Gasteiger charge is 2.01. The van der Waals surface area contributed by atoms with E-state index in [1.54, 1.807) is 0 Å². The van der Waals surface area contributed by atoms with Crippen molar-refractivity contribution in [1.82, 2.24) is 9.78 Å². The predicted octanol–water partition coefficient (Wildman–Crippen LogP) is 3.73. The fraction of sp³-hybridized carbons (Fsp3) is 0.308. The van der Waals surface area contributed by atoms with E-state index in [-0.39, 0.29) is 0 Å². The van der Waals surface area contributed by atoms with E-state index in [0.29, 0.717) is 6.04 Å². The lowest BCUT2D eigenvalue weighted by molar-refractivity contribution is 0.532. The molecule has 2 rings (SSSR count). The van der Waals surface area contributed by atoms with E-state index in [2.05, 4.69) is 30.5 Å². The van der Waals surface area contributed by atoms with Crippen LogP contribution in [0.15, 0.2) is 36.7 Å². The summed E-state index contributed by atoms with van der Waals surface area (Å²) in [7, 11) is 0. The van der Waals surface area contributed by atoms with E-state index >= 15 is 0 Å². The van der Waals surface area contributed by atoms with E-state index in [4.69, 9.17) is 11.6 Å². The third-order valence-electron chi connectivity index (χ3n) is 2.52. The number of aromatic nitrogens is 2. The van der Waals surface area contributed by atoms with Crippen LogP contribution in [0, 0.1) is 0 Å². The maximum atomic E-state index is 5.83. The topological polar surface area (TPSA) is 29.9 Å². The highest BCUT2D eigenvalue weighted by Crippen LogP contribution is 2.14. The van der Waals surface area contributed by atoms with Crippen molar-refractivity contribution in [3.05, 3.63) is 47.2 Å². The molecule has 0 unspecified atom stereocenters. The van der Waals surface area contributed by atoms with Crippen LogP contribution in [-0.4, -0.2) is 9.78 Å². The molecule has 0 aliphatic heterocycles. The second kappa shape index (κ2) is 5.23. The van der Waals surface area contributed by atoms with Crippen molar-refractivity contribution in [2.45, 2.75) is 26.4 Å². The number of nitrogens with zero attached hydrogens (tertiary/aromatic N) is 2. The van der Waals surface area contributed by atoms with Crippen molar-refractivity contribution >= 4 is 17.3 Å². The second-order valence-electron chi connectivity index (χ2n) is 4.28. The van der Waals surface area contributed by atoms with Gasteiger partial charge in [0.15, 0.2) is 0 Å². The minimum atomic E-state index is 0.402. The SMILES string of the molecule is CC(C)n1cc(CNc2ccc(Cl)cc2)cn1. The maximum absolute atomic E-state index is 5.83. The van der Waals surface area contributed by atoms with E-state index in [1.807, 2.05) is 35.1 Å². The molecular formula is C13H16ClN3. The third kappa shape index (κ3) is 3.24.